The fourth-order valence-electron chi connectivity index (χ4n) is 4.04. The Morgan fingerprint density at radius 2 is 2.25 bits per heavy atom. The van der Waals surface area contributed by atoms with Gasteiger partial charge in [-0.05, 0) is 36.6 Å². The van der Waals surface area contributed by atoms with E-state index in [0.717, 1.165) is 29.7 Å². The number of aliphatic hydroxyl groups is 1. The topological polar surface area (TPSA) is 72.2 Å². The van der Waals surface area contributed by atoms with E-state index < -0.39 is 11.7 Å². The molecule has 128 valence electrons. The van der Waals surface area contributed by atoms with Crippen LogP contribution in [0.3, 0.4) is 0 Å². The summed E-state index contributed by atoms with van der Waals surface area (Å²) in [4.78, 5) is 0. The van der Waals surface area contributed by atoms with E-state index in [1.54, 1.807) is 4.68 Å². The minimum absolute atomic E-state index is 0.0459. The van der Waals surface area contributed by atoms with Gasteiger partial charge in [0.25, 0.3) is 0 Å². The Morgan fingerprint density at radius 1 is 1.42 bits per heavy atom. The van der Waals surface area contributed by atoms with Crippen molar-refractivity contribution in [1.82, 2.24) is 20.3 Å². The average molecular weight is 349 g/mol. The molecular weight excluding hydrogens is 328 g/mol. The number of fused-ring (bicyclic) bond motifs is 2. The second kappa shape index (κ2) is 5.81. The van der Waals surface area contributed by atoms with Crippen LogP contribution in [0.2, 0.25) is 5.02 Å². The summed E-state index contributed by atoms with van der Waals surface area (Å²) in [6.07, 6.45) is 2.88. The van der Waals surface area contributed by atoms with Gasteiger partial charge in [-0.1, -0.05) is 22.9 Å². The van der Waals surface area contributed by atoms with Crippen LogP contribution in [0.1, 0.15) is 48.7 Å². The smallest absolute Gasteiger partial charge is 0.103 e. The summed E-state index contributed by atoms with van der Waals surface area (Å²) in [5.41, 5.74) is 2.35. The molecule has 1 spiro atoms. The summed E-state index contributed by atoms with van der Waals surface area (Å²) in [5.74, 6) is 0. The van der Waals surface area contributed by atoms with E-state index in [-0.39, 0.29) is 12.1 Å². The molecule has 0 amide bonds. The molecule has 1 fully saturated rings. The van der Waals surface area contributed by atoms with Gasteiger partial charge in [-0.3, -0.25) is 4.68 Å². The number of rotatable bonds is 1. The van der Waals surface area contributed by atoms with E-state index in [2.05, 4.69) is 22.6 Å². The molecule has 1 saturated heterocycles. The van der Waals surface area contributed by atoms with E-state index in [1.165, 1.54) is 0 Å². The van der Waals surface area contributed by atoms with Crippen molar-refractivity contribution in [2.75, 3.05) is 6.61 Å². The zero-order valence-electron chi connectivity index (χ0n) is 13.7. The number of aromatic nitrogens is 3. The summed E-state index contributed by atoms with van der Waals surface area (Å²) in [6.45, 7) is 2.44. The summed E-state index contributed by atoms with van der Waals surface area (Å²) in [7, 11) is 1.86. The van der Waals surface area contributed by atoms with Gasteiger partial charge in [0.05, 0.1) is 23.9 Å². The van der Waals surface area contributed by atoms with Crippen LogP contribution in [0, 0.1) is 0 Å². The van der Waals surface area contributed by atoms with Gasteiger partial charge in [-0.15, -0.1) is 5.10 Å². The molecule has 6 nitrogen and oxygen atoms in total. The predicted octanol–water partition coefficient (Wildman–Crippen LogP) is 2.24. The molecule has 3 heterocycles. The molecule has 1 unspecified atom stereocenters. The van der Waals surface area contributed by atoms with Crippen molar-refractivity contribution in [2.45, 2.75) is 43.6 Å². The van der Waals surface area contributed by atoms with Crippen LogP contribution in [0.5, 0.6) is 0 Å². The number of benzene rings is 1. The van der Waals surface area contributed by atoms with Crippen molar-refractivity contribution in [1.29, 1.82) is 0 Å². The van der Waals surface area contributed by atoms with Crippen molar-refractivity contribution >= 4 is 11.6 Å². The van der Waals surface area contributed by atoms with Crippen LogP contribution in [0.25, 0.3) is 0 Å². The highest BCUT2D eigenvalue weighted by atomic mass is 35.5. The Bertz CT molecular complexity index is 765. The van der Waals surface area contributed by atoms with Gasteiger partial charge >= 0.3 is 0 Å². The molecule has 2 aliphatic rings. The molecule has 0 aliphatic carbocycles. The second-order valence-corrected chi connectivity index (χ2v) is 7.33. The molecule has 2 N–H and O–H groups in total. The number of ether oxygens (including phenoxy) is 1. The SMILES string of the molecule is C[C@H]1C[C@@]2(C[C@@H](c3cn(C)nn3)N1)OCC(O)c1ccc(Cl)cc12. The minimum atomic E-state index is -0.608. The number of halogens is 1. The van der Waals surface area contributed by atoms with Crippen LogP contribution >= 0.6 is 11.6 Å². The number of nitrogens with zero attached hydrogens (tertiary/aromatic N) is 3. The first-order chi connectivity index (χ1) is 11.5. The van der Waals surface area contributed by atoms with Gasteiger partial charge in [0.1, 0.15) is 6.10 Å². The van der Waals surface area contributed by atoms with Crippen LogP contribution in [-0.2, 0) is 17.4 Å². The third kappa shape index (κ3) is 2.63. The maximum absolute atomic E-state index is 10.3. The number of nitrogens with one attached hydrogen (secondary N) is 1. The molecule has 4 atom stereocenters. The lowest BCUT2D eigenvalue weighted by molar-refractivity contribution is -0.132. The highest BCUT2D eigenvalue weighted by Gasteiger charge is 2.47. The minimum Gasteiger partial charge on any atom is -0.386 e. The van der Waals surface area contributed by atoms with Crippen LogP contribution in [-0.4, -0.2) is 32.7 Å². The molecule has 2 aromatic rings. The lowest BCUT2D eigenvalue weighted by atomic mass is 9.74. The highest BCUT2D eigenvalue weighted by molar-refractivity contribution is 6.30. The van der Waals surface area contributed by atoms with Crippen LogP contribution in [0.4, 0.5) is 0 Å². The summed E-state index contributed by atoms with van der Waals surface area (Å²) in [6, 6.07) is 5.96. The van der Waals surface area contributed by atoms with E-state index in [4.69, 9.17) is 16.3 Å². The predicted molar refractivity (Wildman–Crippen MR) is 89.6 cm³/mol. The Hall–Kier alpha value is -1.47. The Balaban J connectivity index is 1.76. The highest BCUT2D eigenvalue weighted by Crippen LogP contribution is 2.48. The number of piperidine rings is 1. The Kier molecular flexibility index (Phi) is 3.88. The van der Waals surface area contributed by atoms with Gasteiger partial charge in [0.2, 0.25) is 0 Å². The van der Waals surface area contributed by atoms with Crippen molar-refractivity contribution in [2.24, 2.45) is 7.05 Å². The zero-order chi connectivity index (χ0) is 16.9. The van der Waals surface area contributed by atoms with E-state index in [9.17, 15) is 5.11 Å². The quantitative estimate of drug-likeness (QED) is 0.827. The molecule has 1 aromatic heterocycles. The lowest BCUT2D eigenvalue weighted by Gasteiger charge is -2.47. The fourth-order valence-corrected chi connectivity index (χ4v) is 4.21. The summed E-state index contributed by atoms with van der Waals surface area (Å²) >= 11 is 6.24. The molecule has 0 bridgehead atoms. The third-order valence-electron chi connectivity index (χ3n) is 5.02. The molecule has 2 aliphatic heterocycles. The van der Waals surface area contributed by atoms with Crippen molar-refractivity contribution in [3.8, 4) is 0 Å². The number of hydrogen-bond donors (Lipinski definition) is 2. The van der Waals surface area contributed by atoms with E-state index >= 15 is 0 Å². The average Bonchev–Trinajstić information content (AvgIpc) is 2.98. The van der Waals surface area contributed by atoms with Crippen LogP contribution in [0.15, 0.2) is 24.4 Å². The molecule has 24 heavy (non-hydrogen) atoms. The van der Waals surface area contributed by atoms with Crippen molar-refractivity contribution in [3.05, 3.63) is 46.2 Å². The van der Waals surface area contributed by atoms with Gasteiger partial charge in [0.15, 0.2) is 0 Å². The fraction of sp³-hybridized carbons (Fsp3) is 0.529. The third-order valence-corrected chi connectivity index (χ3v) is 5.25. The molecular formula is C17H21ClN4O2. The molecule has 4 rings (SSSR count). The standard InChI is InChI=1S/C17H21ClN4O2/c1-10-6-17(7-14(19-10)15-8-22(2)21-20-15)13-5-11(18)3-4-12(13)16(23)9-24-17/h3-5,8,10,14,16,19,23H,6-7,9H2,1-2H3/t10-,14-,16?,17-/m0/s1. The van der Waals surface area contributed by atoms with Gasteiger partial charge in [-0.2, -0.15) is 0 Å². The first kappa shape index (κ1) is 16.0. The van der Waals surface area contributed by atoms with Crippen molar-refractivity contribution < 1.29 is 9.84 Å². The van der Waals surface area contributed by atoms with E-state index in [0.29, 0.717) is 11.6 Å². The monoisotopic (exact) mass is 348 g/mol. The Morgan fingerprint density at radius 3 is 3.00 bits per heavy atom. The first-order valence-electron chi connectivity index (χ1n) is 8.21. The summed E-state index contributed by atoms with van der Waals surface area (Å²) < 4.78 is 7.93. The van der Waals surface area contributed by atoms with E-state index in [1.807, 2.05) is 31.4 Å². The van der Waals surface area contributed by atoms with Crippen molar-refractivity contribution in [3.63, 3.8) is 0 Å². The number of aryl methyl sites for hydroxylation is 1. The maximum Gasteiger partial charge on any atom is 0.103 e. The zero-order valence-corrected chi connectivity index (χ0v) is 14.5. The van der Waals surface area contributed by atoms with Gasteiger partial charge < -0.3 is 15.2 Å². The Labute approximate surface area is 145 Å². The van der Waals surface area contributed by atoms with Crippen LogP contribution < -0.4 is 5.32 Å². The van der Waals surface area contributed by atoms with Gasteiger partial charge in [0, 0.05) is 30.7 Å². The molecule has 0 radical (unpaired) electrons. The second-order valence-electron chi connectivity index (χ2n) is 6.90. The lowest BCUT2D eigenvalue weighted by Crippen LogP contribution is -2.50. The summed E-state index contributed by atoms with van der Waals surface area (Å²) in [5, 5.41) is 22.9. The largest absolute Gasteiger partial charge is 0.386 e. The van der Waals surface area contributed by atoms with Gasteiger partial charge in [-0.25, -0.2) is 0 Å². The maximum atomic E-state index is 10.3. The number of hydrogen-bond acceptors (Lipinski definition) is 5. The normalized spacial score (nSPS) is 32.8. The molecule has 7 heteroatoms. The first-order valence-corrected chi connectivity index (χ1v) is 8.59. The number of aliphatic hydroxyl groups excluding tert-OH is 1. The molecule has 0 saturated carbocycles. The molecule has 1 aromatic carbocycles.